The lowest BCUT2D eigenvalue weighted by atomic mass is 10.1. The normalized spacial score (nSPS) is 11.1. The number of benzene rings is 2. The molecule has 116 valence electrons. The lowest BCUT2D eigenvalue weighted by Gasteiger charge is -2.12. The number of alkyl halides is 3. The van der Waals surface area contributed by atoms with E-state index in [4.69, 9.17) is 9.47 Å². The standard InChI is InChI=1S/C15H10F4O3/c1-21-10-3-5-11(6-4-10)22-14(20)12-7-2-9(16)8-13(12)15(17,18)19/h2-8H,1H3. The molecule has 0 aliphatic rings. The quantitative estimate of drug-likeness (QED) is 0.487. The van der Waals surface area contributed by atoms with E-state index in [1.807, 2.05) is 0 Å². The maximum Gasteiger partial charge on any atom is 0.417 e. The van der Waals surface area contributed by atoms with Gasteiger partial charge in [-0.15, -0.1) is 0 Å². The van der Waals surface area contributed by atoms with Gasteiger partial charge in [0.25, 0.3) is 0 Å². The maximum atomic E-state index is 13.0. The first-order valence-electron chi connectivity index (χ1n) is 6.04. The number of ether oxygens (including phenoxy) is 2. The van der Waals surface area contributed by atoms with Crippen LogP contribution in [0.1, 0.15) is 15.9 Å². The number of carbonyl (C=O) groups excluding carboxylic acids is 1. The predicted octanol–water partition coefficient (Wildman–Crippen LogP) is 4.07. The van der Waals surface area contributed by atoms with Crippen LogP contribution in [0.25, 0.3) is 0 Å². The third kappa shape index (κ3) is 3.55. The highest BCUT2D eigenvalue weighted by atomic mass is 19.4. The van der Waals surface area contributed by atoms with Crippen molar-refractivity contribution < 1.29 is 31.8 Å². The molecule has 0 N–H and O–H groups in total. The Morgan fingerprint density at radius 1 is 1.00 bits per heavy atom. The van der Waals surface area contributed by atoms with Crippen molar-refractivity contribution >= 4 is 5.97 Å². The Morgan fingerprint density at radius 2 is 1.59 bits per heavy atom. The van der Waals surface area contributed by atoms with E-state index < -0.39 is 29.1 Å². The van der Waals surface area contributed by atoms with Crippen molar-refractivity contribution in [2.75, 3.05) is 7.11 Å². The molecule has 3 nitrogen and oxygen atoms in total. The Morgan fingerprint density at radius 3 is 2.14 bits per heavy atom. The fraction of sp³-hybridized carbons (Fsp3) is 0.133. The molecule has 22 heavy (non-hydrogen) atoms. The maximum absolute atomic E-state index is 13.0. The van der Waals surface area contributed by atoms with Crippen LogP contribution in [0.15, 0.2) is 42.5 Å². The van der Waals surface area contributed by atoms with Crippen LogP contribution in [0.4, 0.5) is 17.6 Å². The number of hydrogen-bond acceptors (Lipinski definition) is 3. The van der Waals surface area contributed by atoms with E-state index >= 15 is 0 Å². The molecule has 0 bridgehead atoms. The fourth-order valence-corrected chi connectivity index (χ4v) is 1.73. The highest BCUT2D eigenvalue weighted by molar-refractivity contribution is 5.92. The zero-order valence-corrected chi connectivity index (χ0v) is 11.3. The molecule has 0 fully saturated rings. The summed E-state index contributed by atoms with van der Waals surface area (Å²) >= 11 is 0. The molecule has 0 aliphatic heterocycles. The van der Waals surface area contributed by atoms with Gasteiger partial charge in [-0.25, -0.2) is 9.18 Å². The van der Waals surface area contributed by atoms with E-state index in [2.05, 4.69) is 0 Å². The van der Waals surface area contributed by atoms with Crippen LogP contribution in [0.5, 0.6) is 11.5 Å². The second kappa shape index (κ2) is 6.05. The van der Waals surface area contributed by atoms with Crippen molar-refractivity contribution in [1.82, 2.24) is 0 Å². The molecule has 0 unspecified atom stereocenters. The van der Waals surface area contributed by atoms with E-state index in [0.717, 1.165) is 12.1 Å². The molecule has 0 saturated carbocycles. The number of rotatable bonds is 3. The van der Waals surface area contributed by atoms with Crippen molar-refractivity contribution in [3.63, 3.8) is 0 Å². The van der Waals surface area contributed by atoms with E-state index in [1.165, 1.54) is 31.4 Å². The monoisotopic (exact) mass is 314 g/mol. The molecule has 7 heteroatoms. The summed E-state index contributed by atoms with van der Waals surface area (Å²) in [6.45, 7) is 0. The minimum atomic E-state index is -4.86. The van der Waals surface area contributed by atoms with Crippen molar-refractivity contribution in [3.05, 3.63) is 59.4 Å². The van der Waals surface area contributed by atoms with Crippen LogP contribution in [0.3, 0.4) is 0 Å². The largest absolute Gasteiger partial charge is 0.497 e. The van der Waals surface area contributed by atoms with Gasteiger partial charge in [0.05, 0.1) is 18.2 Å². The summed E-state index contributed by atoms with van der Waals surface area (Å²) in [6.07, 6.45) is -4.86. The van der Waals surface area contributed by atoms with Gasteiger partial charge in [0, 0.05) is 0 Å². The van der Waals surface area contributed by atoms with Crippen LogP contribution in [-0.4, -0.2) is 13.1 Å². The van der Waals surface area contributed by atoms with Crippen LogP contribution in [-0.2, 0) is 6.18 Å². The van der Waals surface area contributed by atoms with Gasteiger partial charge in [-0.3, -0.25) is 0 Å². The van der Waals surface area contributed by atoms with Crippen molar-refractivity contribution in [2.24, 2.45) is 0 Å². The summed E-state index contributed by atoms with van der Waals surface area (Å²) in [7, 11) is 1.44. The first kappa shape index (κ1) is 15.8. The summed E-state index contributed by atoms with van der Waals surface area (Å²) in [5.41, 5.74) is -2.14. The number of hydrogen-bond donors (Lipinski definition) is 0. The van der Waals surface area contributed by atoms with Crippen LogP contribution in [0, 0.1) is 5.82 Å². The van der Waals surface area contributed by atoms with E-state index in [0.29, 0.717) is 5.75 Å². The van der Waals surface area contributed by atoms with E-state index in [9.17, 15) is 22.4 Å². The average Bonchev–Trinajstić information content (AvgIpc) is 2.47. The number of esters is 1. The smallest absolute Gasteiger partial charge is 0.417 e. The highest BCUT2D eigenvalue weighted by Gasteiger charge is 2.36. The zero-order chi connectivity index (χ0) is 16.3. The van der Waals surface area contributed by atoms with Gasteiger partial charge in [0.1, 0.15) is 17.3 Å². The molecule has 0 atom stereocenters. The molecule has 0 heterocycles. The van der Waals surface area contributed by atoms with Crippen molar-refractivity contribution in [3.8, 4) is 11.5 Å². The Balaban J connectivity index is 2.29. The highest BCUT2D eigenvalue weighted by Crippen LogP contribution is 2.33. The second-order valence-electron chi connectivity index (χ2n) is 4.25. The SMILES string of the molecule is COc1ccc(OC(=O)c2ccc(F)cc2C(F)(F)F)cc1. The number of carbonyl (C=O) groups is 1. The van der Waals surface area contributed by atoms with Gasteiger partial charge in [-0.05, 0) is 42.5 Å². The van der Waals surface area contributed by atoms with Crippen molar-refractivity contribution in [2.45, 2.75) is 6.18 Å². The summed E-state index contributed by atoms with van der Waals surface area (Å²) < 4.78 is 61.3. The molecule has 0 aliphatic carbocycles. The Bertz CT molecular complexity index is 678. The number of halogens is 4. The topological polar surface area (TPSA) is 35.5 Å². The molecular weight excluding hydrogens is 304 g/mol. The number of methoxy groups -OCH3 is 1. The summed E-state index contributed by atoms with van der Waals surface area (Å²) in [5.74, 6) is -1.77. The molecule has 0 saturated heterocycles. The first-order chi connectivity index (χ1) is 10.3. The molecule has 0 spiro atoms. The van der Waals surface area contributed by atoms with Gasteiger partial charge in [-0.1, -0.05) is 0 Å². The Labute approximate surface area is 123 Å². The minimum absolute atomic E-state index is 0.0447. The second-order valence-corrected chi connectivity index (χ2v) is 4.25. The minimum Gasteiger partial charge on any atom is -0.497 e. The zero-order valence-electron chi connectivity index (χ0n) is 11.3. The third-order valence-electron chi connectivity index (χ3n) is 2.78. The molecule has 2 rings (SSSR count). The summed E-state index contributed by atoms with van der Waals surface area (Å²) in [4.78, 5) is 11.9. The molecule has 2 aromatic carbocycles. The summed E-state index contributed by atoms with van der Waals surface area (Å²) in [6, 6.07) is 7.46. The van der Waals surface area contributed by atoms with Gasteiger partial charge >= 0.3 is 12.1 Å². The van der Waals surface area contributed by atoms with E-state index in [1.54, 1.807) is 0 Å². The fourth-order valence-electron chi connectivity index (χ4n) is 1.73. The lowest BCUT2D eigenvalue weighted by molar-refractivity contribution is -0.138. The lowest BCUT2D eigenvalue weighted by Crippen LogP contribution is -2.17. The van der Waals surface area contributed by atoms with Gasteiger partial charge in [-0.2, -0.15) is 13.2 Å². The molecular formula is C15H10F4O3. The van der Waals surface area contributed by atoms with Gasteiger partial charge < -0.3 is 9.47 Å². The summed E-state index contributed by atoms with van der Waals surface area (Å²) in [5, 5.41) is 0. The van der Waals surface area contributed by atoms with E-state index in [-0.39, 0.29) is 11.8 Å². The van der Waals surface area contributed by atoms with Gasteiger partial charge in [0.2, 0.25) is 0 Å². The van der Waals surface area contributed by atoms with Crippen molar-refractivity contribution in [1.29, 1.82) is 0 Å². The average molecular weight is 314 g/mol. The Hall–Kier alpha value is -2.57. The Kier molecular flexibility index (Phi) is 4.35. The molecule has 2 aromatic rings. The van der Waals surface area contributed by atoms with Crippen LogP contribution < -0.4 is 9.47 Å². The first-order valence-corrected chi connectivity index (χ1v) is 6.04. The molecule has 0 aromatic heterocycles. The van der Waals surface area contributed by atoms with Crippen LogP contribution >= 0.6 is 0 Å². The predicted molar refractivity (Wildman–Crippen MR) is 69.4 cm³/mol. The molecule has 0 radical (unpaired) electrons. The van der Waals surface area contributed by atoms with Gasteiger partial charge in [0.15, 0.2) is 0 Å². The van der Waals surface area contributed by atoms with Crippen LogP contribution in [0.2, 0.25) is 0 Å². The molecule has 0 amide bonds. The third-order valence-corrected chi connectivity index (χ3v) is 2.78.